The Labute approximate surface area is 215 Å². The molecule has 34 heavy (non-hydrogen) atoms. The summed E-state index contributed by atoms with van der Waals surface area (Å²) < 4.78 is 14.4. The van der Waals surface area contributed by atoms with Gasteiger partial charge in [-0.05, 0) is 42.5 Å². The molecule has 0 unspecified atom stereocenters. The number of ether oxygens (including phenoxy) is 2. The van der Waals surface area contributed by atoms with Gasteiger partial charge in [0.25, 0.3) is 5.56 Å². The van der Waals surface area contributed by atoms with Gasteiger partial charge in [-0.2, -0.15) is 10.5 Å². The number of thiazole rings is 1. The number of rotatable bonds is 4. The predicted octanol–water partition coefficient (Wildman–Crippen LogP) is 3.40. The SMILES string of the molecule is COc1ccc(Br)cc1/C=c1/sc2n(c1=O)C(N)=C(C#N)[C@H](c1cc(Br)ccc1OC)C=2C#N. The first-order chi connectivity index (χ1) is 16.3. The van der Waals surface area contributed by atoms with Crippen LogP contribution < -0.4 is 30.0 Å². The minimum Gasteiger partial charge on any atom is -0.496 e. The summed E-state index contributed by atoms with van der Waals surface area (Å²) in [7, 11) is 3.06. The molecular weight excluding hydrogens is 584 g/mol. The number of nitriles is 2. The number of allylic oxidation sites excluding steroid dienone is 1. The summed E-state index contributed by atoms with van der Waals surface area (Å²) in [6, 6.07) is 15.1. The molecule has 1 aliphatic heterocycles. The monoisotopic (exact) mass is 598 g/mol. The topological polar surface area (TPSA) is 114 Å². The van der Waals surface area contributed by atoms with Crippen LogP contribution >= 0.6 is 43.2 Å². The fourth-order valence-corrected chi connectivity index (χ4v) is 5.73. The number of aromatic nitrogens is 1. The van der Waals surface area contributed by atoms with E-state index in [0.717, 1.165) is 20.3 Å². The van der Waals surface area contributed by atoms with Crippen molar-refractivity contribution in [1.29, 1.82) is 10.5 Å². The van der Waals surface area contributed by atoms with Gasteiger partial charge in [0.2, 0.25) is 0 Å². The van der Waals surface area contributed by atoms with Gasteiger partial charge in [0.05, 0.1) is 48.0 Å². The predicted molar refractivity (Wildman–Crippen MR) is 138 cm³/mol. The van der Waals surface area contributed by atoms with Crippen molar-refractivity contribution in [3.8, 4) is 23.6 Å². The quantitative estimate of drug-likeness (QED) is 0.492. The number of benzene rings is 2. The van der Waals surface area contributed by atoms with E-state index in [1.807, 2.05) is 12.1 Å². The minimum atomic E-state index is -0.784. The molecule has 0 saturated heterocycles. The van der Waals surface area contributed by atoms with Crippen LogP contribution in [-0.2, 0) is 0 Å². The first-order valence-corrected chi connectivity index (χ1v) is 12.2. The van der Waals surface area contributed by atoms with E-state index in [-0.39, 0.29) is 17.0 Å². The van der Waals surface area contributed by atoms with Gasteiger partial charge < -0.3 is 15.2 Å². The Morgan fingerprint density at radius 2 is 1.65 bits per heavy atom. The molecule has 0 saturated carbocycles. The Kier molecular flexibility index (Phi) is 6.67. The number of halogens is 2. The smallest absolute Gasteiger partial charge is 0.274 e. The van der Waals surface area contributed by atoms with Crippen LogP contribution in [0.2, 0.25) is 0 Å². The van der Waals surface area contributed by atoms with Crippen molar-refractivity contribution in [2.45, 2.75) is 5.92 Å². The third-order valence-electron chi connectivity index (χ3n) is 5.37. The molecule has 0 aliphatic carbocycles. The van der Waals surface area contributed by atoms with E-state index in [1.54, 1.807) is 37.5 Å². The Hall–Kier alpha value is -3.31. The highest BCUT2D eigenvalue weighted by molar-refractivity contribution is 9.10. The van der Waals surface area contributed by atoms with Gasteiger partial charge in [-0.1, -0.05) is 31.9 Å². The summed E-state index contributed by atoms with van der Waals surface area (Å²) in [5.41, 5.74) is 7.57. The fraction of sp³-hybridized carbons (Fsp3) is 0.125. The van der Waals surface area contributed by atoms with Crippen LogP contribution in [0.5, 0.6) is 11.5 Å². The lowest BCUT2D eigenvalue weighted by molar-refractivity contribution is 0.409. The molecule has 7 nitrogen and oxygen atoms in total. The van der Waals surface area contributed by atoms with Crippen molar-refractivity contribution >= 4 is 60.7 Å². The van der Waals surface area contributed by atoms with Crippen LogP contribution in [0.4, 0.5) is 0 Å². The highest BCUT2D eigenvalue weighted by Gasteiger charge is 2.34. The maximum absolute atomic E-state index is 13.4. The Morgan fingerprint density at radius 3 is 2.26 bits per heavy atom. The molecule has 170 valence electrons. The van der Waals surface area contributed by atoms with Crippen molar-refractivity contribution in [2.24, 2.45) is 5.73 Å². The first-order valence-electron chi connectivity index (χ1n) is 9.79. The number of nitrogens with zero attached hydrogens (tertiary/aromatic N) is 3. The molecule has 2 aromatic carbocycles. The van der Waals surface area contributed by atoms with E-state index in [4.69, 9.17) is 15.2 Å². The van der Waals surface area contributed by atoms with Gasteiger partial charge in [0.1, 0.15) is 22.0 Å². The second kappa shape index (κ2) is 9.51. The summed E-state index contributed by atoms with van der Waals surface area (Å²) in [5.74, 6) is 0.292. The molecule has 0 amide bonds. The molecular formula is C24H16Br2N4O3S. The maximum atomic E-state index is 13.4. The van der Waals surface area contributed by atoms with Crippen LogP contribution in [0.15, 0.2) is 55.7 Å². The number of fused-ring (bicyclic) bond motifs is 1. The summed E-state index contributed by atoms with van der Waals surface area (Å²) >= 11 is 8.01. The van der Waals surface area contributed by atoms with Crippen LogP contribution in [0.3, 0.4) is 0 Å². The highest BCUT2D eigenvalue weighted by atomic mass is 79.9. The average molecular weight is 600 g/mol. The molecule has 2 N–H and O–H groups in total. The minimum absolute atomic E-state index is 0.00867. The van der Waals surface area contributed by atoms with Crippen molar-refractivity contribution in [2.75, 3.05) is 14.2 Å². The molecule has 1 aliphatic rings. The van der Waals surface area contributed by atoms with E-state index in [9.17, 15) is 15.3 Å². The number of methoxy groups -OCH3 is 2. The lowest BCUT2D eigenvalue weighted by atomic mass is 9.84. The van der Waals surface area contributed by atoms with Crippen LogP contribution in [0.1, 0.15) is 17.0 Å². The standard InChI is InChI=1S/C24H16Br2N4O3S/c1-32-18-5-3-13(25)7-12(18)8-20-23(31)30-22(29)16(10-27)21(17(11-28)24(30)34-20)15-9-14(26)4-6-19(15)33-2/h3-9,21H,29H2,1-2H3/b20-8+/t21-/m0/s1. The normalized spacial score (nSPS) is 15.5. The van der Waals surface area contributed by atoms with Crippen LogP contribution in [0.25, 0.3) is 17.5 Å². The molecule has 2 heterocycles. The van der Waals surface area contributed by atoms with Gasteiger partial charge in [0, 0.05) is 20.1 Å². The van der Waals surface area contributed by atoms with E-state index >= 15 is 0 Å². The Morgan fingerprint density at radius 1 is 1.03 bits per heavy atom. The van der Waals surface area contributed by atoms with Crippen molar-refractivity contribution in [3.63, 3.8) is 0 Å². The molecule has 0 radical (unpaired) electrons. The average Bonchev–Trinajstić information content (AvgIpc) is 3.15. The third kappa shape index (κ3) is 3.94. The van der Waals surface area contributed by atoms with Gasteiger partial charge >= 0.3 is 0 Å². The van der Waals surface area contributed by atoms with E-state index < -0.39 is 11.5 Å². The van der Waals surface area contributed by atoms with Crippen LogP contribution in [0, 0.1) is 22.7 Å². The largest absolute Gasteiger partial charge is 0.496 e. The lowest BCUT2D eigenvalue weighted by Gasteiger charge is -2.24. The van der Waals surface area contributed by atoms with Crippen LogP contribution in [-0.4, -0.2) is 18.8 Å². The Bertz CT molecular complexity index is 1620. The summed E-state index contributed by atoms with van der Waals surface area (Å²) in [4.78, 5) is 13.4. The number of hydrogen-bond acceptors (Lipinski definition) is 7. The molecule has 4 rings (SSSR count). The molecule has 0 fully saturated rings. The number of hydrogen-bond donors (Lipinski definition) is 1. The second-order valence-corrected chi connectivity index (χ2v) is 10.1. The van der Waals surface area contributed by atoms with Gasteiger partial charge in [0.15, 0.2) is 0 Å². The van der Waals surface area contributed by atoms with E-state index in [2.05, 4.69) is 44.0 Å². The van der Waals surface area contributed by atoms with Crippen molar-refractivity contribution < 1.29 is 9.47 Å². The second-order valence-electron chi connectivity index (χ2n) is 7.20. The van der Waals surface area contributed by atoms with Gasteiger partial charge in [-0.3, -0.25) is 9.36 Å². The zero-order valence-electron chi connectivity index (χ0n) is 17.9. The molecule has 10 heteroatoms. The van der Waals surface area contributed by atoms with E-state index in [0.29, 0.717) is 31.8 Å². The number of nitrogens with two attached hydrogens (primary N) is 1. The molecule has 0 bridgehead atoms. The zero-order valence-corrected chi connectivity index (χ0v) is 21.9. The lowest BCUT2D eigenvalue weighted by Crippen LogP contribution is -2.38. The van der Waals surface area contributed by atoms with Crippen molar-refractivity contribution in [3.05, 3.63) is 81.6 Å². The molecule has 1 aromatic heterocycles. The highest BCUT2D eigenvalue weighted by Crippen LogP contribution is 2.41. The summed E-state index contributed by atoms with van der Waals surface area (Å²) in [6.45, 7) is 0. The van der Waals surface area contributed by atoms with E-state index in [1.165, 1.54) is 11.7 Å². The summed E-state index contributed by atoms with van der Waals surface area (Å²) in [6.07, 6.45) is 1.69. The molecule has 1 atom stereocenters. The molecule has 3 aromatic rings. The summed E-state index contributed by atoms with van der Waals surface area (Å²) in [5, 5.41) is 20.1. The zero-order chi connectivity index (χ0) is 24.6. The maximum Gasteiger partial charge on any atom is 0.274 e. The first kappa shape index (κ1) is 23.8. The fourth-order valence-electron chi connectivity index (χ4n) is 3.85. The van der Waals surface area contributed by atoms with Gasteiger partial charge in [-0.15, -0.1) is 11.3 Å². The third-order valence-corrected chi connectivity index (χ3v) is 7.46. The van der Waals surface area contributed by atoms with Crippen molar-refractivity contribution in [1.82, 2.24) is 4.57 Å². The molecule has 0 spiro atoms. The van der Waals surface area contributed by atoms with Gasteiger partial charge in [-0.25, -0.2) is 0 Å². The Balaban J connectivity index is 2.09.